The molecule has 0 saturated carbocycles. The molecular weight excluding hydrogens is 812 g/mol. The zero-order valence-electron chi connectivity index (χ0n) is 28.9. The molecule has 10 nitrogen and oxygen atoms in total. The van der Waals surface area contributed by atoms with Crippen molar-refractivity contribution in [1.29, 1.82) is 0 Å². The van der Waals surface area contributed by atoms with Gasteiger partial charge < -0.3 is 28.1 Å². The van der Waals surface area contributed by atoms with Crippen molar-refractivity contribution in [1.82, 2.24) is 19.1 Å². The van der Waals surface area contributed by atoms with E-state index in [0.717, 1.165) is 12.5 Å². The molecule has 0 radical (unpaired) electrons. The first-order valence-electron chi connectivity index (χ1n) is 16.5. The van der Waals surface area contributed by atoms with Gasteiger partial charge in [0.05, 0.1) is 25.7 Å². The lowest BCUT2D eigenvalue weighted by Crippen LogP contribution is -2.17. The molecule has 56 heavy (non-hydrogen) atoms. The smallest absolute Gasteiger partial charge is 0.422 e. The van der Waals surface area contributed by atoms with Crippen LogP contribution in [0.15, 0.2) is 123 Å². The fourth-order valence-corrected chi connectivity index (χ4v) is 6.28. The average molecular weight is 840 g/mol. The Balaban J connectivity index is 1.25. The van der Waals surface area contributed by atoms with E-state index in [1.807, 2.05) is 0 Å². The molecule has 0 fully saturated rings. The van der Waals surface area contributed by atoms with Gasteiger partial charge in [-0.1, -0.05) is 58.5 Å². The van der Waals surface area contributed by atoms with Crippen LogP contribution in [-0.2, 0) is 45.4 Å². The summed E-state index contributed by atoms with van der Waals surface area (Å²) in [5.74, 6) is -3.67. The summed E-state index contributed by atoms with van der Waals surface area (Å²) < 4.78 is 55.2. The van der Waals surface area contributed by atoms with Gasteiger partial charge in [0.1, 0.15) is 48.9 Å². The molecule has 6 rings (SSSR count). The van der Waals surface area contributed by atoms with E-state index in [-0.39, 0.29) is 60.1 Å². The quantitative estimate of drug-likeness (QED) is 0.0607. The van der Waals surface area contributed by atoms with Gasteiger partial charge in [0.25, 0.3) is 0 Å². The number of benzene rings is 4. The first-order valence-corrected chi connectivity index (χ1v) is 18.0. The number of halogens is 6. The maximum absolute atomic E-state index is 14.7. The summed E-state index contributed by atoms with van der Waals surface area (Å²) in [5, 5.41) is 1.47. The van der Waals surface area contributed by atoms with Crippen molar-refractivity contribution in [3.05, 3.63) is 177 Å². The van der Waals surface area contributed by atoms with E-state index in [9.17, 15) is 18.4 Å². The SMILES string of the molecule is O=C(OC=C(Cn1ccnc1)c1cc(F)ccc1OCc1c(Cl)cccc1Cl)C(=O)OC=C(Cn1ccnc1)c1cc(F)ccc1OCc1c(Cl)cccc1Cl. The third-order valence-corrected chi connectivity index (χ3v) is 9.47. The van der Waals surface area contributed by atoms with Crippen LogP contribution in [0.5, 0.6) is 11.5 Å². The topological polar surface area (TPSA) is 107 Å². The molecule has 0 saturated heterocycles. The standard InChI is InChI=1S/C40H28Cl4F2N4O6/c41-33-3-1-4-34(42)31(33)21-53-37-9-7-27(45)15-29(37)25(17-49-13-11-47-23-49)19-55-39(51)40(52)56-20-26(18-50-14-12-48-24-50)30-16-28(46)8-10-38(30)54-22-32-35(43)5-2-6-36(32)44/h1-16,19-20,23-24H,17-18,21-22H2. The van der Waals surface area contributed by atoms with E-state index in [0.29, 0.717) is 31.2 Å². The fourth-order valence-electron chi connectivity index (χ4n) is 5.27. The van der Waals surface area contributed by atoms with Crippen molar-refractivity contribution in [2.24, 2.45) is 0 Å². The summed E-state index contributed by atoms with van der Waals surface area (Å²) in [7, 11) is 0. The summed E-state index contributed by atoms with van der Waals surface area (Å²) >= 11 is 25.3. The number of carbonyl (C=O) groups excluding carboxylic acids is 2. The zero-order chi connectivity index (χ0) is 39.6. The van der Waals surface area contributed by atoms with E-state index in [1.165, 1.54) is 61.4 Å². The van der Waals surface area contributed by atoms with Crippen LogP contribution in [0.3, 0.4) is 0 Å². The van der Waals surface area contributed by atoms with Gasteiger partial charge in [-0.05, 0) is 60.7 Å². The monoisotopic (exact) mass is 838 g/mol. The molecule has 0 unspecified atom stereocenters. The lowest BCUT2D eigenvalue weighted by Gasteiger charge is -2.16. The van der Waals surface area contributed by atoms with Gasteiger partial charge in [-0.3, -0.25) is 0 Å². The predicted octanol–water partition coefficient (Wildman–Crippen LogP) is 10.00. The highest BCUT2D eigenvalue weighted by Crippen LogP contribution is 2.33. The molecule has 16 heteroatoms. The molecule has 2 aromatic heterocycles. The molecule has 0 spiro atoms. The Kier molecular flexibility index (Phi) is 13.4. The van der Waals surface area contributed by atoms with Gasteiger partial charge in [-0.15, -0.1) is 0 Å². The van der Waals surface area contributed by atoms with E-state index in [1.54, 1.807) is 57.9 Å². The third-order valence-electron chi connectivity index (χ3n) is 8.05. The maximum Gasteiger partial charge on any atom is 0.422 e. The summed E-state index contributed by atoms with van der Waals surface area (Å²) in [5.41, 5.74) is 1.84. The number of hydrogen-bond donors (Lipinski definition) is 0. The molecule has 0 aliphatic carbocycles. The maximum atomic E-state index is 14.7. The second-order valence-electron chi connectivity index (χ2n) is 11.8. The van der Waals surface area contributed by atoms with E-state index in [2.05, 4.69) is 9.97 Å². The second kappa shape index (κ2) is 18.8. The van der Waals surface area contributed by atoms with Crippen LogP contribution in [0.4, 0.5) is 8.78 Å². The number of ether oxygens (including phenoxy) is 4. The first-order chi connectivity index (χ1) is 27.0. The number of carbonyl (C=O) groups is 2. The van der Waals surface area contributed by atoms with Gasteiger partial charge in [0, 0.05) is 78.3 Å². The first kappa shape index (κ1) is 40.0. The second-order valence-corrected chi connectivity index (χ2v) is 13.5. The summed E-state index contributed by atoms with van der Waals surface area (Å²) in [6, 6.07) is 17.5. The van der Waals surface area contributed by atoms with Crippen molar-refractivity contribution < 1.29 is 37.3 Å². The largest absolute Gasteiger partial charge is 0.488 e. The Labute approximate surface area is 339 Å². The highest BCUT2D eigenvalue weighted by atomic mass is 35.5. The van der Waals surface area contributed by atoms with Crippen molar-refractivity contribution in [2.45, 2.75) is 26.3 Å². The van der Waals surface area contributed by atoms with Gasteiger partial charge in [0.15, 0.2) is 0 Å². The zero-order valence-corrected chi connectivity index (χ0v) is 31.9. The van der Waals surface area contributed by atoms with Gasteiger partial charge in [-0.25, -0.2) is 28.3 Å². The van der Waals surface area contributed by atoms with E-state index >= 15 is 0 Å². The Morgan fingerprint density at radius 2 is 1.00 bits per heavy atom. The summed E-state index contributed by atoms with van der Waals surface area (Å²) in [6.45, 7) is -0.0975. The summed E-state index contributed by atoms with van der Waals surface area (Å²) in [4.78, 5) is 34.2. The van der Waals surface area contributed by atoms with Crippen LogP contribution < -0.4 is 9.47 Å². The van der Waals surface area contributed by atoms with Crippen LogP contribution >= 0.6 is 46.4 Å². The van der Waals surface area contributed by atoms with Crippen LogP contribution in [0.25, 0.3) is 11.1 Å². The Bertz CT molecular complexity index is 2200. The summed E-state index contributed by atoms with van der Waals surface area (Å²) in [6.07, 6.45) is 11.3. The van der Waals surface area contributed by atoms with Crippen molar-refractivity contribution >= 4 is 69.5 Å². The molecule has 2 heterocycles. The minimum Gasteiger partial charge on any atom is -0.488 e. The molecule has 4 aromatic carbocycles. The van der Waals surface area contributed by atoms with Crippen molar-refractivity contribution in [3.8, 4) is 11.5 Å². The predicted molar refractivity (Wildman–Crippen MR) is 207 cm³/mol. The number of aromatic nitrogens is 4. The Hall–Kier alpha value is -5.66. The number of rotatable bonds is 14. The Morgan fingerprint density at radius 3 is 1.36 bits per heavy atom. The van der Waals surface area contributed by atoms with Crippen LogP contribution in [-0.4, -0.2) is 31.0 Å². The molecular formula is C40H28Cl4F2N4O6. The van der Waals surface area contributed by atoms with Crippen LogP contribution in [0, 0.1) is 11.6 Å². The lowest BCUT2D eigenvalue weighted by atomic mass is 10.1. The third kappa shape index (κ3) is 10.3. The molecule has 0 atom stereocenters. The minimum atomic E-state index is -1.42. The number of nitrogens with zero attached hydrogens (tertiary/aromatic N) is 4. The Morgan fingerprint density at radius 1 is 0.607 bits per heavy atom. The number of allylic oxidation sites excluding steroid dienone is 2. The molecule has 286 valence electrons. The number of imidazole rings is 2. The highest BCUT2D eigenvalue weighted by Gasteiger charge is 2.21. The van der Waals surface area contributed by atoms with Gasteiger partial charge >= 0.3 is 11.9 Å². The van der Waals surface area contributed by atoms with Gasteiger partial charge in [0.2, 0.25) is 0 Å². The van der Waals surface area contributed by atoms with Crippen molar-refractivity contribution in [2.75, 3.05) is 0 Å². The van der Waals surface area contributed by atoms with E-state index < -0.39 is 23.6 Å². The number of hydrogen-bond acceptors (Lipinski definition) is 8. The fraction of sp³-hybridized carbons (Fsp3) is 0.100. The molecule has 0 aliphatic heterocycles. The minimum absolute atomic E-state index is 0.0195. The van der Waals surface area contributed by atoms with Gasteiger partial charge in [-0.2, -0.15) is 0 Å². The highest BCUT2D eigenvalue weighted by molar-refractivity contribution is 6.36. The normalized spacial score (nSPS) is 11.7. The van der Waals surface area contributed by atoms with Crippen LogP contribution in [0.2, 0.25) is 20.1 Å². The number of esters is 2. The van der Waals surface area contributed by atoms with E-state index in [4.69, 9.17) is 65.4 Å². The molecule has 0 amide bonds. The molecule has 6 aromatic rings. The molecule has 0 N–H and O–H groups in total. The molecule has 0 bridgehead atoms. The lowest BCUT2D eigenvalue weighted by molar-refractivity contribution is -0.160. The molecule has 0 aliphatic rings. The van der Waals surface area contributed by atoms with Crippen LogP contribution in [0.1, 0.15) is 22.3 Å². The van der Waals surface area contributed by atoms with Crippen molar-refractivity contribution in [3.63, 3.8) is 0 Å². The average Bonchev–Trinajstić information content (AvgIpc) is 3.90.